The van der Waals surface area contributed by atoms with E-state index in [0.29, 0.717) is 24.3 Å². The zero-order valence-corrected chi connectivity index (χ0v) is 14.4. The van der Waals surface area contributed by atoms with E-state index in [1.54, 1.807) is 19.1 Å². The molecule has 0 bridgehead atoms. The molecule has 2 atom stereocenters. The van der Waals surface area contributed by atoms with Crippen LogP contribution in [0.4, 0.5) is 0 Å². The number of sulfonamides is 1. The molecule has 1 aliphatic heterocycles. The van der Waals surface area contributed by atoms with Gasteiger partial charge in [-0.25, -0.2) is 18.2 Å². The average Bonchev–Trinajstić information content (AvgIpc) is 2.69. The third-order valence-corrected chi connectivity index (χ3v) is 7.27. The molecule has 2 unspecified atom stereocenters. The Balaban J connectivity index is 2.27. The molecule has 0 amide bonds. The topological polar surface area (TPSA) is 66.8 Å². The second-order valence-corrected chi connectivity index (χ2v) is 9.33. The van der Waals surface area contributed by atoms with Crippen LogP contribution in [-0.4, -0.2) is 37.4 Å². The van der Waals surface area contributed by atoms with E-state index in [1.807, 2.05) is 6.92 Å². The lowest BCUT2D eigenvalue weighted by molar-refractivity contribution is 0.248. The molecule has 2 rings (SSSR count). The Labute approximate surface area is 130 Å². The molecule has 0 spiro atoms. The summed E-state index contributed by atoms with van der Waals surface area (Å²) in [6.45, 7) is 4.03. The van der Waals surface area contributed by atoms with Gasteiger partial charge in [0.1, 0.15) is 0 Å². The maximum Gasteiger partial charge on any atom is 0.244 e. The van der Waals surface area contributed by atoms with Crippen molar-refractivity contribution in [3.05, 3.63) is 14.7 Å². The number of thiophene rings is 1. The van der Waals surface area contributed by atoms with Gasteiger partial charge >= 0.3 is 0 Å². The normalized spacial score (nSPS) is 24.4. The van der Waals surface area contributed by atoms with E-state index in [0.717, 1.165) is 8.66 Å². The smallest absolute Gasteiger partial charge is 0.211 e. The Bertz CT molecular complexity index is 650. The molecule has 1 fully saturated rings. The van der Waals surface area contributed by atoms with Gasteiger partial charge in [0.25, 0.3) is 0 Å². The largest absolute Gasteiger partial charge is 0.244 e. The summed E-state index contributed by atoms with van der Waals surface area (Å²) < 4.78 is 27.7. The molecule has 110 valence electrons. The number of hydrogen-bond acceptors (Lipinski definition) is 5. The number of rotatable bonds is 3. The fourth-order valence-electron chi connectivity index (χ4n) is 2.49. The van der Waals surface area contributed by atoms with E-state index in [-0.39, 0.29) is 12.1 Å². The SMILES string of the molecule is Cc1sc(Br)cc1S(=O)(=O)N1CCC(N=C=O)CC1C. The second kappa shape index (κ2) is 6.07. The third-order valence-electron chi connectivity index (χ3n) is 3.45. The Morgan fingerprint density at radius 2 is 2.25 bits per heavy atom. The van der Waals surface area contributed by atoms with Crippen LogP contribution in [0.1, 0.15) is 24.6 Å². The van der Waals surface area contributed by atoms with Crippen LogP contribution in [-0.2, 0) is 14.8 Å². The fraction of sp³-hybridized carbons (Fsp3) is 0.583. The monoisotopic (exact) mass is 378 g/mol. The number of aliphatic imine (C=N–C) groups is 1. The molecular formula is C12H15BrN2O3S2. The summed E-state index contributed by atoms with van der Waals surface area (Å²) >= 11 is 4.73. The lowest BCUT2D eigenvalue weighted by Gasteiger charge is -2.34. The van der Waals surface area contributed by atoms with E-state index in [1.165, 1.54) is 15.6 Å². The molecule has 0 aliphatic carbocycles. The highest BCUT2D eigenvalue weighted by molar-refractivity contribution is 9.11. The van der Waals surface area contributed by atoms with Gasteiger partial charge in [0, 0.05) is 17.5 Å². The Hall–Kier alpha value is -0.530. The summed E-state index contributed by atoms with van der Waals surface area (Å²) in [5, 5.41) is 0. The lowest BCUT2D eigenvalue weighted by Crippen LogP contribution is -2.45. The number of isocyanates is 1. The quantitative estimate of drug-likeness (QED) is 0.599. The number of piperidine rings is 1. The minimum absolute atomic E-state index is 0.121. The second-order valence-electron chi connectivity index (χ2n) is 4.83. The van der Waals surface area contributed by atoms with E-state index < -0.39 is 10.0 Å². The molecule has 1 saturated heterocycles. The Kier molecular flexibility index (Phi) is 4.81. The molecule has 0 radical (unpaired) electrons. The van der Waals surface area contributed by atoms with Crippen molar-refractivity contribution < 1.29 is 13.2 Å². The molecule has 20 heavy (non-hydrogen) atoms. The van der Waals surface area contributed by atoms with Gasteiger partial charge in [-0.2, -0.15) is 4.31 Å². The van der Waals surface area contributed by atoms with Gasteiger partial charge in [0.05, 0.1) is 14.7 Å². The third kappa shape index (κ3) is 3.04. The number of halogens is 1. The first-order chi connectivity index (χ1) is 9.36. The van der Waals surface area contributed by atoms with Crippen molar-refractivity contribution in [3.8, 4) is 0 Å². The van der Waals surface area contributed by atoms with Crippen LogP contribution in [0.15, 0.2) is 19.7 Å². The molecule has 1 aromatic rings. The minimum atomic E-state index is -3.49. The van der Waals surface area contributed by atoms with Gasteiger partial charge in [-0.1, -0.05) is 0 Å². The van der Waals surface area contributed by atoms with Crippen molar-refractivity contribution in [1.29, 1.82) is 0 Å². The lowest BCUT2D eigenvalue weighted by atomic mass is 10.0. The van der Waals surface area contributed by atoms with Gasteiger partial charge in [0.2, 0.25) is 16.1 Å². The summed E-state index contributed by atoms with van der Waals surface area (Å²) in [5.74, 6) is 0. The van der Waals surface area contributed by atoms with Crippen LogP contribution in [0.3, 0.4) is 0 Å². The van der Waals surface area contributed by atoms with E-state index in [9.17, 15) is 13.2 Å². The first-order valence-corrected chi connectivity index (χ1v) is 9.26. The van der Waals surface area contributed by atoms with Crippen LogP contribution in [0.5, 0.6) is 0 Å². The maximum absolute atomic E-state index is 12.7. The van der Waals surface area contributed by atoms with Gasteiger partial charge in [-0.05, 0) is 48.7 Å². The first-order valence-electron chi connectivity index (χ1n) is 6.21. The first kappa shape index (κ1) is 15.9. The maximum atomic E-state index is 12.7. The summed E-state index contributed by atoms with van der Waals surface area (Å²) in [6.07, 6.45) is 2.67. The number of hydrogen-bond donors (Lipinski definition) is 0. The molecule has 1 aliphatic rings. The predicted octanol–water partition coefficient (Wildman–Crippen LogP) is 2.70. The van der Waals surface area contributed by atoms with Crippen LogP contribution in [0, 0.1) is 6.92 Å². The predicted molar refractivity (Wildman–Crippen MR) is 81.3 cm³/mol. The Morgan fingerprint density at radius 1 is 1.55 bits per heavy atom. The highest BCUT2D eigenvalue weighted by Gasteiger charge is 2.35. The van der Waals surface area contributed by atoms with Crippen molar-refractivity contribution in [3.63, 3.8) is 0 Å². The summed E-state index contributed by atoms with van der Waals surface area (Å²) in [7, 11) is -3.49. The molecular weight excluding hydrogens is 364 g/mol. The van der Waals surface area contributed by atoms with Crippen LogP contribution >= 0.6 is 27.3 Å². The van der Waals surface area contributed by atoms with Gasteiger partial charge in [0.15, 0.2) is 0 Å². The van der Waals surface area contributed by atoms with E-state index in [4.69, 9.17) is 0 Å². The highest BCUT2D eigenvalue weighted by atomic mass is 79.9. The molecule has 5 nitrogen and oxygen atoms in total. The molecule has 8 heteroatoms. The van der Waals surface area contributed by atoms with Crippen LogP contribution in [0.25, 0.3) is 0 Å². The van der Waals surface area contributed by atoms with E-state index >= 15 is 0 Å². The van der Waals surface area contributed by atoms with Gasteiger partial charge in [-0.3, -0.25) is 0 Å². The summed E-state index contributed by atoms with van der Waals surface area (Å²) in [4.78, 5) is 15.1. The van der Waals surface area contributed by atoms with Crippen molar-refractivity contribution >= 4 is 43.4 Å². The minimum Gasteiger partial charge on any atom is -0.211 e. The standard InChI is InChI=1S/C12H15BrN2O3S2/c1-8-5-10(14-7-16)3-4-15(8)20(17,18)11-6-12(13)19-9(11)2/h6,8,10H,3-5H2,1-2H3. The molecule has 0 saturated carbocycles. The summed E-state index contributed by atoms with van der Waals surface area (Å²) in [6, 6.07) is 1.36. The zero-order valence-electron chi connectivity index (χ0n) is 11.2. The van der Waals surface area contributed by atoms with Crippen molar-refractivity contribution in [2.45, 2.75) is 43.7 Å². The summed E-state index contributed by atoms with van der Waals surface area (Å²) in [5.41, 5.74) is 0. The van der Waals surface area contributed by atoms with Crippen molar-refractivity contribution in [2.75, 3.05) is 6.54 Å². The molecule has 2 heterocycles. The molecule has 1 aromatic heterocycles. The van der Waals surface area contributed by atoms with Crippen molar-refractivity contribution in [2.24, 2.45) is 4.99 Å². The number of carbonyl (C=O) groups excluding carboxylic acids is 1. The molecule has 0 N–H and O–H groups in total. The molecule has 0 aromatic carbocycles. The number of nitrogens with zero attached hydrogens (tertiary/aromatic N) is 2. The van der Waals surface area contributed by atoms with E-state index in [2.05, 4.69) is 20.9 Å². The zero-order chi connectivity index (χ0) is 14.9. The van der Waals surface area contributed by atoms with Gasteiger partial charge < -0.3 is 0 Å². The van der Waals surface area contributed by atoms with Crippen LogP contribution < -0.4 is 0 Å². The fourth-order valence-corrected chi connectivity index (χ4v) is 6.53. The van der Waals surface area contributed by atoms with Gasteiger partial charge in [-0.15, -0.1) is 11.3 Å². The Morgan fingerprint density at radius 3 is 2.75 bits per heavy atom. The van der Waals surface area contributed by atoms with Crippen LogP contribution in [0.2, 0.25) is 0 Å². The number of aryl methyl sites for hydroxylation is 1. The average molecular weight is 379 g/mol. The highest BCUT2D eigenvalue weighted by Crippen LogP contribution is 2.34. The van der Waals surface area contributed by atoms with Crippen molar-refractivity contribution in [1.82, 2.24) is 4.31 Å².